The Hall–Kier alpha value is -2.35. The molecule has 0 atom stereocenters. The summed E-state index contributed by atoms with van der Waals surface area (Å²) in [6.45, 7) is 2.02. The molecule has 25 heavy (non-hydrogen) atoms. The topological polar surface area (TPSA) is 26.3 Å². The standard InChI is InChI=1S/C23H30O2/c1-22(24)25-21-17-12-10-8-6-4-2-3-5-7-9-11-14-18-23-19-15-13-16-20-23/h2-3,5,7,9,11,13-16,18-20H,4,6,8,10,12,17,21H2,1H3/b3-2-,7-5-,11-9+,18-14+. The molecule has 0 bridgehead atoms. The predicted molar refractivity (Wildman–Crippen MR) is 107 cm³/mol. The van der Waals surface area contributed by atoms with Crippen LogP contribution in [0.5, 0.6) is 0 Å². The molecule has 2 heteroatoms. The molecule has 1 rings (SSSR count). The van der Waals surface area contributed by atoms with Crippen LogP contribution in [-0.2, 0) is 9.53 Å². The fourth-order valence-corrected chi connectivity index (χ4v) is 2.27. The summed E-state index contributed by atoms with van der Waals surface area (Å²) in [5.74, 6) is -0.180. The molecule has 0 radical (unpaired) electrons. The molecule has 1 aromatic carbocycles. The minimum Gasteiger partial charge on any atom is -0.466 e. The molecule has 0 saturated heterocycles. The van der Waals surface area contributed by atoms with Crippen LogP contribution in [0.3, 0.4) is 0 Å². The maximum Gasteiger partial charge on any atom is 0.302 e. The quantitative estimate of drug-likeness (QED) is 0.255. The van der Waals surface area contributed by atoms with E-state index < -0.39 is 0 Å². The SMILES string of the molecule is CC(=O)OCCCCCCC\C=C/C=C\C=C\C=C\c1ccccc1. The minimum absolute atomic E-state index is 0.180. The Morgan fingerprint density at radius 2 is 1.48 bits per heavy atom. The Labute approximate surface area is 152 Å². The highest BCUT2D eigenvalue weighted by atomic mass is 16.5. The van der Waals surface area contributed by atoms with Crippen molar-refractivity contribution in [2.24, 2.45) is 0 Å². The van der Waals surface area contributed by atoms with E-state index in [9.17, 15) is 4.79 Å². The van der Waals surface area contributed by atoms with Gasteiger partial charge in [0.15, 0.2) is 0 Å². The molecule has 0 saturated carbocycles. The number of benzene rings is 1. The second kappa shape index (κ2) is 15.2. The van der Waals surface area contributed by atoms with E-state index in [2.05, 4.69) is 36.4 Å². The summed E-state index contributed by atoms with van der Waals surface area (Å²) in [6.07, 6.45) is 23.5. The van der Waals surface area contributed by atoms with Crippen molar-refractivity contribution in [1.29, 1.82) is 0 Å². The van der Waals surface area contributed by atoms with Gasteiger partial charge in [-0.2, -0.15) is 0 Å². The molecule has 0 spiro atoms. The van der Waals surface area contributed by atoms with Crippen LogP contribution in [0.25, 0.3) is 6.08 Å². The lowest BCUT2D eigenvalue weighted by atomic mass is 10.1. The second-order valence-electron chi connectivity index (χ2n) is 5.86. The van der Waals surface area contributed by atoms with Crippen LogP contribution in [0.15, 0.2) is 72.9 Å². The van der Waals surface area contributed by atoms with Crippen molar-refractivity contribution in [2.75, 3.05) is 6.61 Å². The van der Waals surface area contributed by atoms with Crippen LogP contribution in [0.2, 0.25) is 0 Å². The first-order valence-electron chi connectivity index (χ1n) is 9.14. The number of carbonyl (C=O) groups excluding carboxylic acids is 1. The summed E-state index contributed by atoms with van der Waals surface area (Å²) in [5.41, 5.74) is 1.21. The number of carbonyl (C=O) groups is 1. The number of ether oxygens (including phenoxy) is 1. The molecule has 0 aliphatic heterocycles. The second-order valence-corrected chi connectivity index (χ2v) is 5.86. The first-order valence-corrected chi connectivity index (χ1v) is 9.14. The number of esters is 1. The van der Waals surface area contributed by atoms with Gasteiger partial charge >= 0.3 is 5.97 Å². The van der Waals surface area contributed by atoms with E-state index in [1.54, 1.807) is 0 Å². The molecule has 0 unspecified atom stereocenters. The number of hydrogen-bond donors (Lipinski definition) is 0. The van der Waals surface area contributed by atoms with Crippen LogP contribution in [0, 0.1) is 0 Å². The lowest BCUT2D eigenvalue weighted by Gasteiger charge is -2.01. The fourth-order valence-electron chi connectivity index (χ4n) is 2.27. The van der Waals surface area contributed by atoms with Gasteiger partial charge in [0.2, 0.25) is 0 Å². The van der Waals surface area contributed by atoms with Gasteiger partial charge in [-0.3, -0.25) is 4.79 Å². The lowest BCUT2D eigenvalue weighted by Crippen LogP contribution is -1.99. The van der Waals surface area contributed by atoms with Crippen molar-refractivity contribution in [2.45, 2.75) is 45.4 Å². The van der Waals surface area contributed by atoms with E-state index in [1.807, 2.05) is 42.5 Å². The number of allylic oxidation sites excluding steroid dienone is 7. The Morgan fingerprint density at radius 1 is 0.840 bits per heavy atom. The summed E-state index contributed by atoms with van der Waals surface area (Å²) >= 11 is 0. The summed E-state index contributed by atoms with van der Waals surface area (Å²) in [6, 6.07) is 10.3. The molecule has 2 nitrogen and oxygen atoms in total. The van der Waals surface area contributed by atoms with Gasteiger partial charge in [0.25, 0.3) is 0 Å². The van der Waals surface area contributed by atoms with Crippen molar-refractivity contribution < 1.29 is 9.53 Å². The van der Waals surface area contributed by atoms with E-state index in [1.165, 1.54) is 31.7 Å². The summed E-state index contributed by atoms with van der Waals surface area (Å²) in [5, 5.41) is 0. The van der Waals surface area contributed by atoms with E-state index in [-0.39, 0.29) is 5.97 Å². The molecular formula is C23H30O2. The van der Waals surface area contributed by atoms with Crippen molar-refractivity contribution in [3.63, 3.8) is 0 Å². The smallest absolute Gasteiger partial charge is 0.302 e. The molecule has 134 valence electrons. The van der Waals surface area contributed by atoms with Crippen LogP contribution >= 0.6 is 0 Å². The first kappa shape index (κ1) is 20.7. The van der Waals surface area contributed by atoms with Crippen LogP contribution in [0.1, 0.15) is 51.0 Å². The third kappa shape index (κ3) is 13.8. The monoisotopic (exact) mass is 338 g/mol. The van der Waals surface area contributed by atoms with E-state index in [0.717, 1.165) is 19.3 Å². The van der Waals surface area contributed by atoms with Gasteiger partial charge in [0.1, 0.15) is 0 Å². The average Bonchev–Trinajstić information content (AvgIpc) is 2.62. The average molecular weight is 338 g/mol. The van der Waals surface area contributed by atoms with Gasteiger partial charge in [0.05, 0.1) is 6.61 Å². The Morgan fingerprint density at radius 3 is 2.24 bits per heavy atom. The third-order valence-electron chi connectivity index (χ3n) is 3.60. The predicted octanol–water partition coefficient (Wildman–Crippen LogP) is 6.27. The summed E-state index contributed by atoms with van der Waals surface area (Å²) in [4.78, 5) is 10.6. The van der Waals surface area contributed by atoms with Gasteiger partial charge in [-0.15, -0.1) is 0 Å². The molecule has 0 aliphatic rings. The maximum atomic E-state index is 10.6. The Kier molecular flexibility index (Phi) is 12.6. The minimum atomic E-state index is -0.180. The molecule has 0 heterocycles. The fraction of sp³-hybridized carbons (Fsp3) is 0.348. The van der Waals surface area contributed by atoms with E-state index in [4.69, 9.17) is 4.74 Å². The van der Waals surface area contributed by atoms with Crippen LogP contribution in [-0.4, -0.2) is 12.6 Å². The highest BCUT2D eigenvalue weighted by molar-refractivity contribution is 5.65. The molecule has 0 N–H and O–H groups in total. The van der Waals surface area contributed by atoms with Crippen molar-refractivity contribution in [1.82, 2.24) is 0 Å². The molecule has 1 aromatic rings. The van der Waals surface area contributed by atoms with Crippen molar-refractivity contribution in [3.8, 4) is 0 Å². The van der Waals surface area contributed by atoms with E-state index in [0.29, 0.717) is 6.61 Å². The summed E-state index contributed by atoms with van der Waals surface area (Å²) in [7, 11) is 0. The summed E-state index contributed by atoms with van der Waals surface area (Å²) < 4.78 is 4.90. The number of unbranched alkanes of at least 4 members (excludes halogenated alkanes) is 5. The molecule has 0 aromatic heterocycles. The first-order chi connectivity index (χ1) is 12.3. The molecule has 0 fully saturated rings. The van der Waals surface area contributed by atoms with Crippen molar-refractivity contribution in [3.05, 3.63) is 78.4 Å². The normalized spacial score (nSPS) is 12.0. The maximum absolute atomic E-state index is 10.6. The highest BCUT2D eigenvalue weighted by Crippen LogP contribution is 2.06. The number of rotatable bonds is 12. The molecule has 0 amide bonds. The number of hydrogen-bond acceptors (Lipinski definition) is 2. The molecular weight excluding hydrogens is 308 g/mol. The van der Waals surface area contributed by atoms with Gasteiger partial charge in [-0.1, -0.05) is 98.2 Å². The van der Waals surface area contributed by atoms with Gasteiger partial charge in [-0.05, 0) is 24.8 Å². The lowest BCUT2D eigenvalue weighted by molar-refractivity contribution is -0.141. The highest BCUT2D eigenvalue weighted by Gasteiger charge is 1.93. The zero-order chi connectivity index (χ0) is 18.0. The third-order valence-corrected chi connectivity index (χ3v) is 3.60. The van der Waals surface area contributed by atoms with Crippen molar-refractivity contribution >= 4 is 12.0 Å². The molecule has 0 aliphatic carbocycles. The van der Waals surface area contributed by atoms with E-state index >= 15 is 0 Å². The van der Waals surface area contributed by atoms with Gasteiger partial charge < -0.3 is 4.74 Å². The zero-order valence-electron chi connectivity index (χ0n) is 15.3. The van der Waals surface area contributed by atoms with Gasteiger partial charge in [-0.25, -0.2) is 0 Å². The van der Waals surface area contributed by atoms with Crippen LogP contribution < -0.4 is 0 Å². The Bertz CT molecular complexity index is 565. The van der Waals surface area contributed by atoms with Gasteiger partial charge in [0, 0.05) is 6.92 Å². The largest absolute Gasteiger partial charge is 0.466 e. The Balaban J connectivity index is 1.97. The van der Waals surface area contributed by atoms with Crippen LogP contribution in [0.4, 0.5) is 0 Å². The zero-order valence-corrected chi connectivity index (χ0v) is 15.3.